The fourth-order valence-electron chi connectivity index (χ4n) is 5.51. The number of hydrogen-bond acceptors (Lipinski definition) is 9. The molecule has 0 saturated heterocycles. The molecule has 1 saturated carbocycles. The molecular weight excluding hydrogens is 580 g/mol. The molecule has 3 N–H and O–H groups in total. The van der Waals surface area contributed by atoms with E-state index in [9.17, 15) is 13.2 Å². The van der Waals surface area contributed by atoms with Gasteiger partial charge in [0.25, 0.3) is 15.9 Å². The van der Waals surface area contributed by atoms with Gasteiger partial charge in [0.05, 0.1) is 17.7 Å². The normalized spacial score (nSPS) is 13.6. The zero-order valence-corrected chi connectivity index (χ0v) is 25.4. The molecule has 0 aliphatic heterocycles. The quantitative estimate of drug-likeness (QED) is 0.189. The van der Waals surface area contributed by atoms with E-state index in [0.717, 1.165) is 31.1 Å². The van der Waals surface area contributed by atoms with Gasteiger partial charge in [-0.15, -0.1) is 0 Å². The van der Waals surface area contributed by atoms with Gasteiger partial charge >= 0.3 is 0 Å². The first-order chi connectivity index (χ1) is 21.2. The molecule has 13 heteroatoms. The average molecular weight is 613 g/mol. The van der Waals surface area contributed by atoms with E-state index in [0.29, 0.717) is 45.8 Å². The van der Waals surface area contributed by atoms with Gasteiger partial charge in [-0.1, -0.05) is 25.0 Å². The second-order valence-electron chi connectivity index (χ2n) is 10.7. The van der Waals surface area contributed by atoms with Crippen LogP contribution in [-0.4, -0.2) is 45.9 Å². The van der Waals surface area contributed by atoms with Crippen LogP contribution in [0.2, 0.25) is 0 Å². The molecule has 1 aliphatic rings. The van der Waals surface area contributed by atoms with Crippen molar-refractivity contribution in [1.82, 2.24) is 24.5 Å². The topological polar surface area (TPSA) is 153 Å². The number of hydrogen-bond donors (Lipinski definition) is 3. The van der Waals surface area contributed by atoms with Crippen molar-refractivity contribution in [2.75, 3.05) is 22.5 Å². The van der Waals surface area contributed by atoms with Crippen molar-refractivity contribution < 1.29 is 17.9 Å². The van der Waals surface area contributed by atoms with Crippen molar-refractivity contribution in [3.05, 3.63) is 83.9 Å². The molecule has 6 rings (SSSR count). The molecule has 1 fully saturated rings. The first kappa shape index (κ1) is 29.1. The number of carbonyl (C=O) groups excluding carboxylic acids is 1. The van der Waals surface area contributed by atoms with E-state index in [1.807, 2.05) is 22.8 Å². The van der Waals surface area contributed by atoms with E-state index in [1.54, 1.807) is 57.5 Å². The molecule has 3 aromatic heterocycles. The number of amides is 1. The molecule has 0 radical (unpaired) electrons. The van der Waals surface area contributed by atoms with Gasteiger partial charge in [0, 0.05) is 34.7 Å². The highest BCUT2D eigenvalue weighted by Crippen LogP contribution is 2.35. The van der Waals surface area contributed by atoms with Gasteiger partial charge in [-0.05, 0) is 75.2 Å². The summed E-state index contributed by atoms with van der Waals surface area (Å²) in [6.45, 7) is 3.55. The summed E-state index contributed by atoms with van der Waals surface area (Å²) in [6, 6.07) is 17.2. The maximum absolute atomic E-state index is 13.6. The number of nitrogens with zero attached hydrogens (tertiary/aromatic N) is 5. The molecule has 1 amide bonds. The summed E-state index contributed by atoms with van der Waals surface area (Å²) in [4.78, 5) is 31.2. The number of ether oxygens (including phenoxy) is 1. The van der Waals surface area contributed by atoms with Gasteiger partial charge in [-0.2, -0.15) is 4.98 Å². The smallest absolute Gasteiger partial charge is 0.272 e. The van der Waals surface area contributed by atoms with E-state index in [1.165, 1.54) is 12.1 Å². The van der Waals surface area contributed by atoms with Gasteiger partial charge in [-0.25, -0.2) is 28.1 Å². The molecule has 0 bridgehead atoms. The predicted octanol–water partition coefficient (Wildman–Crippen LogP) is 5.76. The summed E-state index contributed by atoms with van der Waals surface area (Å²) < 4.78 is 35.7. The minimum Gasteiger partial charge on any atom is -0.495 e. The minimum atomic E-state index is -3.90. The Morgan fingerprint density at radius 2 is 1.64 bits per heavy atom. The standard InChI is InChI=1S/C31H32N8O4S/c1-19-16-20(2)34-31(33-19)38-44(41,42)24-14-12-22(13-15-24)35-30-32-18-21-17-26(39(28(21)37-30)23-8-4-5-9-23)29(40)36-25-10-6-7-11-27(25)43-3/h6-7,10-18,23H,4-5,8-9H2,1-3H3,(H,36,40)(H,32,35,37)(H,33,34,38). The highest BCUT2D eigenvalue weighted by Gasteiger charge is 2.26. The Labute approximate surface area is 255 Å². The minimum absolute atomic E-state index is 0.0209. The lowest BCUT2D eigenvalue weighted by Crippen LogP contribution is -2.19. The number of methoxy groups -OCH3 is 1. The third-order valence-corrected chi connectivity index (χ3v) is 8.83. The molecule has 44 heavy (non-hydrogen) atoms. The van der Waals surface area contributed by atoms with Crippen LogP contribution in [0.15, 0.2) is 71.8 Å². The number of benzene rings is 2. The van der Waals surface area contributed by atoms with Crippen LogP contribution in [0, 0.1) is 13.8 Å². The van der Waals surface area contributed by atoms with Crippen LogP contribution in [-0.2, 0) is 10.0 Å². The lowest BCUT2D eigenvalue weighted by molar-refractivity contribution is 0.101. The van der Waals surface area contributed by atoms with Gasteiger partial charge in [-0.3, -0.25) is 4.79 Å². The monoisotopic (exact) mass is 612 g/mol. The lowest BCUT2D eigenvalue weighted by atomic mass is 10.2. The maximum Gasteiger partial charge on any atom is 0.272 e. The Bertz CT molecular complexity index is 1930. The van der Waals surface area contributed by atoms with Crippen molar-refractivity contribution in [2.24, 2.45) is 0 Å². The third kappa shape index (κ3) is 6.04. The second-order valence-corrected chi connectivity index (χ2v) is 12.4. The molecule has 0 unspecified atom stereocenters. The van der Waals surface area contributed by atoms with Crippen molar-refractivity contribution in [2.45, 2.75) is 50.5 Å². The maximum atomic E-state index is 13.6. The Morgan fingerprint density at radius 3 is 2.34 bits per heavy atom. The second kappa shape index (κ2) is 11.9. The Hall–Kier alpha value is -5.04. The molecule has 0 spiro atoms. The Kier molecular flexibility index (Phi) is 7.87. The molecule has 5 aromatic rings. The summed E-state index contributed by atoms with van der Waals surface area (Å²) in [5, 5.41) is 6.89. The van der Waals surface area contributed by atoms with Crippen LogP contribution < -0.4 is 20.1 Å². The highest BCUT2D eigenvalue weighted by molar-refractivity contribution is 7.92. The zero-order chi connectivity index (χ0) is 30.8. The number of para-hydroxylation sites is 2. The van der Waals surface area contributed by atoms with Crippen molar-refractivity contribution >= 4 is 50.2 Å². The van der Waals surface area contributed by atoms with Gasteiger partial charge < -0.3 is 19.9 Å². The van der Waals surface area contributed by atoms with Crippen LogP contribution in [0.3, 0.4) is 0 Å². The van der Waals surface area contributed by atoms with Crippen LogP contribution in [0.25, 0.3) is 11.0 Å². The van der Waals surface area contributed by atoms with Crippen LogP contribution in [0.4, 0.5) is 23.3 Å². The number of aromatic nitrogens is 5. The molecule has 0 atom stereocenters. The van der Waals surface area contributed by atoms with Gasteiger partial charge in [0.2, 0.25) is 11.9 Å². The number of anilines is 4. The average Bonchev–Trinajstić information content (AvgIpc) is 3.65. The first-order valence-electron chi connectivity index (χ1n) is 14.2. The largest absolute Gasteiger partial charge is 0.495 e. The van der Waals surface area contributed by atoms with Gasteiger partial charge in [0.15, 0.2) is 0 Å². The zero-order valence-electron chi connectivity index (χ0n) is 24.5. The van der Waals surface area contributed by atoms with Gasteiger partial charge in [0.1, 0.15) is 17.1 Å². The van der Waals surface area contributed by atoms with E-state index < -0.39 is 10.0 Å². The summed E-state index contributed by atoms with van der Waals surface area (Å²) in [5.74, 6) is 0.658. The molecule has 1 aliphatic carbocycles. The Balaban J connectivity index is 1.26. The van der Waals surface area contributed by atoms with E-state index in [-0.39, 0.29) is 22.8 Å². The molecule has 12 nitrogen and oxygen atoms in total. The Morgan fingerprint density at radius 1 is 0.932 bits per heavy atom. The van der Waals surface area contributed by atoms with Crippen molar-refractivity contribution in [3.8, 4) is 5.75 Å². The van der Waals surface area contributed by atoms with Crippen molar-refractivity contribution in [3.63, 3.8) is 0 Å². The van der Waals surface area contributed by atoms with Crippen LogP contribution in [0.1, 0.15) is 53.6 Å². The molecular formula is C31H32N8O4S. The van der Waals surface area contributed by atoms with E-state index in [2.05, 4.69) is 30.3 Å². The SMILES string of the molecule is COc1ccccc1NC(=O)c1cc2cnc(Nc3ccc(S(=O)(=O)Nc4nc(C)cc(C)n4)cc3)nc2n1C1CCCC1. The number of fused-ring (bicyclic) bond motifs is 1. The number of aryl methyl sites for hydroxylation is 2. The fraction of sp³-hybridized carbons (Fsp3) is 0.258. The van der Waals surface area contributed by atoms with Crippen LogP contribution >= 0.6 is 0 Å². The predicted molar refractivity (Wildman–Crippen MR) is 168 cm³/mol. The summed E-state index contributed by atoms with van der Waals surface area (Å²) in [7, 11) is -2.33. The fourth-order valence-corrected chi connectivity index (χ4v) is 6.45. The van der Waals surface area contributed by atoms with E-state index in [4.69, 9.17) is 9.72 Å². The lowest BCUT2D eigenvalue weighted by Gasteiger charge is -2.17. The van der Waals surface area contributed by atoms with Crippen molar-refractivity contribution in [1.29, 1.82) is 0 Å². The highest BCUT2D eigenvalue weighted by atomic mass is 32.2. The number of carbonyl (C=O) groups is 1. The first-order valence-corrected chi connectivity index (χ1v) is 15.7. The third-order valence-electron chi connectivity index (χ3n) is 7.48. The number of sulfonamides is 1. The molecule has 226 valence electrons. The summed E-state index contributed by atoms with van der Waals surface area (Å²) in [6.07, 6.45) is 5.73. The van der Waals surface area contributed by atoms with E-state index >= 15 is 0 Å². The summed E-state index contributed by atoms with van der Waals surface area (Å²) >= 11 is 0. The molecule has 3 heterocycles. The number of nitrogens with one attached hydrogen (secondary N) is 3. The molecule has 2 aromatic carbocycles. The summed E-state index contributed by atoms with van der Waals surface area (Å²) in [5.41, 5.74) is 3.65. The number of rotatable bonds is 9. The van der Waals surface area contributed by atoms with Crippen LogP contribution in [0.5, 0.6) is 5.75 Å².